The number of nitrogens with one attached hydrogen (secondary N) is 1. The number of alkyl carbamates (subject to hydrolysis) is 1. The van der Waals surface area contributed by atoms with Gasteiger partial charge in [-0.15, -0.1) is 10.2 Å². The normalized spacial score (nSPS) is 20.1. The second-order valence-corrected chi connectivity index (χ2v) is 8.50. The zero-order chi connectivity index (χ0) is 20.5. The van der Waals surface area contributed by atoms with Gasteiger partial charge in [-0.25, -0.2) is 9.48 Å². The molecule has 0 aromatic carbocycles. The number of aromatic nitrogens is 4. The van der Waals surface area contributed by atoms with E-state index in [1.54, 1.807) is 4.68 Å². The molecule has 1 aliphatic heterocycles. The average molecular weight is 387 g/mol. The van der Waals surface area contributed by atoms with Gasteiger partial charge in [-0.05, 0) is 72.6 Å². The molecular weight excluding hydrogens is 356 g/mol. The number of aryl methyl sites for hydroxylation is 2. The number of hydrogen-bond acceptors (Lipinski definition) is 6. The monoisotopic (exact) mass is 386 g/mol. The number of rotatable bonds is 3. The topological polar surface area (TPSA) is 85.2 Å². The summed E-state index contributed by atoms with van der Waals surface area (Å²) in [5, 5.41) is 16.2. The molecule has 1 fully saturated rings. The number of carbonyl (C=O) groups is 1. The summed E-state index contributed by atoms with van der Waals surface area (Å²) in [6.45, 7) is 12.5. The summed E-state index contributed by atoms with van der Waals surface area (Å²) in [5.74, 6) is 1.55. The molecule has 28 heavy (non-hydrogen) atoms. The lowest BCUT2D eigenvalue weighted by Gasteiger charge is -2.38. The van der Waals surface area contributed by atoms with Crippen LogP contribution in [0.2, 0.25) is 0 Å². The van der Waals surface area contributed by atoms with Gasteiger partial charge < -0.3 is 15.0 Å². The summed E-state index contributed by atoms with van der Waals surface area (Å²) in [7, 11) is 0. The van der Waals surface area contributed by atoms with E-state index < -0.39 is 5.60 Å². The third-order valence-corrected chi connectivity index (χ3v) is 4.75. The van der Waals surface area contributed by atoms with Gasteiger partial charge in [-0.2, -0.15) is 5.10 Å². The van der Waals surface area contributed by atoms with Crippen LogP contribution >= 0.6 is 0 Å². The summed E-state index contributed by atoms with van der Waals surface area (Å²) < 4.78 is 7.16. The minimum atomic E-state index is -0.487. The van der Waals surface area contributed by atoms with E-state index in [4.69, 9.17) is 4.74 Å². The highest BCUT2D eigenvalue weighted by molar-refractivity contribution is 5.68. The molecular formula is C20H30N6O2. The van der Waals surface area contributed by atoms with E-state index in [1.807, 2.05) is 52.8 Å². The van der Waals surface area contributed by atoms with E-state index in [1.165, 1.54) is 0 Å². The summed E-state index contributed by atoms with van der Waals surface area (Å²) in [6.07, 6.45) is 1.32. The summed E-state index contributed by atoms with van der Waals surface area (Å²) >= 11 is 0. The molecule has 0 spiro atoms. The van der Waals surface area contributed by atoms with Crippen LogP contribution in [0.25, 0.3) is 5.82 Å². The number of hydrogen-bond donors (Lipinski definition) is 1. The molecule has 0 radical (unpaired) electrons. The Morgan fingerprint density at radius 2 is 1.89 bits per heavy atom. The number of nitrogens with zero attached hydrogens (tertiary/aromatic N) is 5. The first kappa shape index (κ1) is 20.1. The number of amides is 1. The van der Waals surface area contributed by atoms with E-state index in [0.29, 0.717) is 5.82 Å². The third kappa shape index (κ3) is 4.79. The third-order valence-electron chi connectivity index (χ3n) is 4.75. The van der Waals surface area contributed by atoms with Crippen molar-refractivity contribution in [1.82, 2.24) is 25.3 Å². The van der Waals surface area contributed by atoms with Gasteiger partial charge in [0.05, 0.1) is 5.69 Å². The maximum atomic E-state index is 12.0. The number of anilines is 1. The van der Waals surface area contributed by atoms with Crippen LogP contribution < -0.4 is 10.2 Å². The molecule has 2 aromatic rings. The summed E-state index contributed by atoms with van der Waals surface area (Å²) in [5.41, 5.74) is 1.50. The molecule has 1 aliphatic rings. The molecule has 8 heteroatoms. The molecule has 2 atom stereocenters. The highest BCUT2D eigenvalue weighted by atomic mass is 16.6. The van der Waals surface area contributed by atoms with Crippen LogP contribution in [0.4, 0.5) is 10.6 Å². The lowest BCUT2D eigenvalue weighted by atomic mass is 9.98. The molecule has 1 N–H and O–H groups in total. The van der Waals surface area contributed by atoms with Gasteiger partial charge in [0.25, 0.3) is 0 Å². The smallest absolute Gasteiger partial charge is 0.407 e. The second-order valence-electron chi connectivity index (χ2n) is 8.50. The fourth-order valence-electron chi connectivity index (χ4n) is 3.56. The molecule has 3 heterocycles. The fraction of sp³-hybridized carbons (Fsp3) is 0.600. The van der Waals surface area contributed by atoms with Gasteiger partial charge in [0.15, 0.2) is 11.6 Å². The molecule has 0 aliphatic carbocycles. The number of ether oxygens (including phenoxy) is 1. The molecule has 2 unspecified atom stereocenters. The molecule has 0 saturated carbocycles. The van der Waals surface area contributed by atoms with Crippen LogP contribution in [0.1, 0.15) is 51.9 Å². The Kier molecular flexibility index (Phi) is 5.58. The average Bonchev–Trinajstić information content (AvgIpc) is 2.92. The highest BCUT2D eigenvalue weighted by Crippen LogP contribution is 2.24. The van der Waals surface area contributed by atoms with Gasteiger partial charge in [0.2, 0.25) is 0 Å². The molecule has 8 nitrogen and oxygen atoms in total. The van der Waals surface area contributed by atoms with Crippen molar-refractivity contribution in [3.8, 4) is 5.82 Å². The van der Waals surface area contributed by atoms with E-state index in [9.17, 15) is 4.79 Å². The lowest BCUT2D eigenvalue weighted by Crippen LogP contribution is -2.50. The van der Waals surface area contributed by atoms with Gasteiger partial charge >= 0.3 is 6.09 Å². The predicted molar refractivity (Wildman–Crippen MR) is 108 cm³/mol. The van der Waals surface area contributed by atoms with Crippen molar-refractivity contribution in [2.24, 2.45) is 0 Å². The Morgan fingerprint density at radius 1 is 1.21 bits per heavy atom. The minimum absolute atomic E-state index is 0.100. The zero-order valence-corrected chi connectivity index (χ0v) is 17.6. The Labute approximate surface area is 166 Å². The van der Waals surface area contributed by atoms with Crippen LogP contribution in [-0.2, 0) is 4.74 Å². The maximum absolute atomic E-state index is 12.0. The van der Waals surface area contributed by atoms with Gasteiger partial charge in [-0.1, -0.05) is 0 Å². The first-order valence-electron chi connectivity index (χ1n) is 9.76. The standard InChI is InChI=1S/C20H30N6O2/c1-13-11-15(3)26(24-13)18-8-7-17(22-23-18)25-10-9-16(12-14(25)2)21-19(27)28-20(4,5)6/h7-8,11,14,16H,9-10,12H2,1-6H3,(H,21,27). The van der Waals surface area contributed by atoms with E-state index >= 15 is 0 Å². The van der Waals surface area contributed by atoms with E-state index in [0.717, 1.165) is 36.6 Å². The van der Waals surface area contributed by atoms with Gasteiger partial charge in [0.1, 0.15) is 5.60 Å². The Morgan fingerprint density at radius 3 is 2.43 bits per heavy atom. The SMILES string of the molecule is Cc1cc(C)n(-c2ccc(N3CCC(NC(=O)OC(C)(C)C)CC3C)nn2)n1. The molecule has 152 valence electrons. The highest BCUT2D eigenvalue weighted by Gasteiger charge is 2.29. The quantitative estimate of drug-likeness (QED) is 0.872. The largest absolute Gasteiger partial charge is 0.444 e. The molecule has 2 aromatic heterocycles. The predicted octanol–water partition coefficient (Wildman–Crippen LogP) is 3.16. The first-order chi connectivity index (χ1) is 13.1. The van der Waals surface area contributed by atoms with Crippen LogP contribution in [0.3, 0.4) is 0 Å². The first-order valence-corrected chi connectivity index (χ1v) is 9.76. The maximum Gasteiger partial charge on any atom is 0.407 e. The number of carbonyl (C=O) groups excluding carboxylic acids is 1. The molecule has 3 rings (SSSR count). The molecule has 1 amide bonds. The number of piperidine rings is 1. The minimum Gasteiger partial charge on any atom is -0.444 e. The van der Waals surface area contributed by atoms with Crippen molar-refractivity contribution in [3.05, 3.63) is 29.6 Å². The second kappa shape index (κ2) is 7.77. The molecule has 1 saturated heterocycles. The Balaban J connectivity index is 1.61. The van der Waals surface area contributed by atoms with Crippen molar-refractivity contribution in [3.63, 3.8) is 0 Å². The van der Waals surface area contributed by atoms with Gasteiger partial charge in [-0.3, -0.25) is 0 Å². The van der Waals surface area contributed by atoms with Crippen molar-refractivity contribution >= 4 is 11.9 Å². The molecule has 0 bridgehead atoms. The van der Waals surface area contributed by atoms with Crippen molar-refractivity contribution < 1.29 is 9.53 Å². The van der Waals surface area contributed by atoms with Crippen molar-refractivity contribution in [2.75, 3.05) is 11.4 Å². The van der Waals surface area contributed by atoms with Crippen molar-refractivity contribution in [1.29, 1.82) is 0 Å². The van der Waals surface area contributed by atoms with Gasteiger partial charge in [0, 0.05) is 24.3 Å². The van der Waals surface area contributed by atoms with E-state index in [-0.39, 0.29) is 18.2 Å². The Hall–Kier alpha value is -2.64. The lowest BCUT2D eigenvalue weighted by molar-refractivity contribution is 0.0494. The summed E-state index contributed by atoms with van der Waals surface area (Å²) in [6, 6.07) is 6.28. The van der Waals surface area contributed by atoms with Crippen LogP contribution in [0.5, 0.6) is 0 Å². The fourth-order valence-corrected chi connectivity index (χ4v) is 3.56. The van der Waals surface area contributed by atoms with Crippen molar-refractivity contribution in [2.45, 2.75) is 72.1 Å². The summed E-state index contributed by atoms with van der Waals surface area (Å²) in [4.78, 5) is 14.2. The van der Waals surface area contributed by atoms with Crippen LogP contribution in [0, 0.1) is 13.8 Å². The van der Waals surface area contributed by atoms with Crippen LogP contribution in [-0.4, -0.2) is 50.3 Å². The van der Waals surface area contributed by atoms with E-state index in [2.05, 4.69) is 32.4 Å². The van der Waals surface area contributed by atoms with Crippen LogP contribution in [0.15, 0.2) is 18.2 Å². The zero-order valence-electron chi connectivity index (χ0n) is 17.6. The Bertz CT molecular complexity index is 824.